The van der Waals surface area contributed by atoms with E-state index in [1.807, 2.05) is 6.07 Å². The van der Waals surface area contributed by atoms with Crippen LogP contribution in [0.3, 0.4) is 0 Å². The summed E-state index contributed by atoms with van der Waals surface area (Å²) in [6.45, 7) is 2.06. The lowest BCUT2D eigenvalue weighted by Crippen LogP contribution is -1.89. The largest absolute Gasteiger partial charge is 0.0820 e. The van der Waals surface area contributed by atoms with Crippen molar-refractivity contribution in [1.82, 2.24) is 0 Å². The summed E-state index contributed by atoms with van der Waals surface area (Å²) in [6, 6.07) is 12.5. The van der Waals surface area contributed by atoms with Gasteiger partial charge in [-0.15, -0.1) is 0 Å². The minimum atomic E-state index is 0.433. The molecule has 4 rings (SSSR count). The van der Waals surface area contributed by atoms with E-state index in [1.54, 1.807) is 0 Å². The molecule has 0 fully saturated rings. The summed E-state index contributed by atoms with van der Waals surface area (Å²) in [5, 5.41) is 8.17. The van der Waals surface area contributed by atoms with Gasteiger partial charge >= 0.3 is 0 Å². The fourth-order valence-electron chi connectivity index (χ4n) is 3.08. The molecule has 0 N–H and O–H groups in total. The van der Waals surface area contributed by atoms with E-state index < -0.39 is 0 Å². The van der Waals surface area contributed by atoms with E-state index in [4.69, 9.17) is 34.8 Å². The number of aryl methyl sites for hydroxylation is 1. The molecule has 0 saturated heterocycles. The Morgan fingerprint density at radius 1 is 0.700 bits per heavy atom. The first-order valence-corrected chi connectivity index (χ1v) is 7.43. The number of benzene rings is 4. The van der Waals surface area contributed by atoms with Crippen LogP contribution >= 0.6 is 34.8 Å². The van der Waals surface area contributed by atoms with E-state index in [2.05, 4.69) is 37.3 Å². The Hall–Kier alpha value is -1.21. The zero-order valence-electron chi connectivity index (χ0n) is 10.6. The summed E-state index contributed by atoms with van der Waals surface area (Å²) in [6.07, 6.45) is 0. The molecular formula is C17H9Cl3. The van der Waals surface area contributed by atoms with Gasteiger partial charge in [0.25, 0.3) is 0 Å². The van der Waals surface area contributed by atoms with Crippen molar-refractivity contribution in [2.75, 3.05) is 0 Å². The van der Waals surface area contributed by atoms with Gasteiger partial charge in [0.15, 0.2) is 0 Å². The molecule has 0 aliphatic carbocycles. The summed E-state index contributed by atoms with van der Waals surface area (Å²) in [5.74, 6) is 0. The molecule has 0 amide bonds. The zero-order chi connectivity index (χ0) is 14.0. The molecule has 0 unspecified atom stereocenters. The summed E-state index contributed by atoms with van der Waals surface area (Å²) >= 11 is 19.1. The monoisotopic (exact) mass is 318 g/mol. The highest BCUT2D eigenvalue weighted by Gasteiger charge is 2.18. The maximum atomic E-state index is 6.44. The van der Waals surface area contributed by atoms with Gasteiger partial charge in [0.1, 0.15) is 0 Å². The lowest BCUT2D eigenvalue weighted by atomic mass is 9.91. The van der Waals surface area contributed by atoms with Crippen LogP contribution in [0.25, 0.3) is 32.3 Å². The van der Waals surface area contributed by atoms with Gasteiger partial charge in [0, 0.05) is 16.2 Å². The summed E-state index contributed by atoms with van der Waals surface area (Å²) in [4.78, 5) is 0. The standard InChI is InChI=1S/C17H9Cl3/c1-8-7-10-4-2-3-9-5-6-11-14(13(9)10)12(8)16(19)17(20)15(11)18/h2-7H,1H3. The van der Waals surface area contributed by atoms with E-state index in [9.17, 15) is 0 Å². The molecule has 0 aliphatic rings. The van der Waals surface area contributed by atoms with E-state index in [0.717, 1.165) is 21.7 Å². The highest BCUT2D eigenvalue weighted by molar-refractivity contribution is 6.54. The van der Waals surface area contributed by atoms with E-state index in [-0.39, 0.29) is 0 Å². The molecule has 0 aliphatic heterocycles. The predicted octanol–water partition coefficient (Wildman–Crippen LogP) is 6.85. The fraction of sp³-hybridized carbons (Fsp3) is 0.0588. The molecule has 0 nitrogen and oxygen atoms in total. The zero-order valence-corrected chi connectivity index (χ0v) is 12.9. The van der Waals surface area contributed by atoms with Crippen LogP contribution in [0.1, 0.15) is 5.56 Å². The first-order valence-electron chi connectivity index (χ1n) is 6.30. The van der Waals surface area contributed by atoms with E-state index >= 15 is 0 Å². The maximum Gasteiger partial charge on any atom is 0.0791 e. The van der Waals surface area contributed by atoms with Crippen molar-refractivity contribution in [2.24, 2.45) is 0 Å². The van der Waals surface area contributed by atoms with Crippen LogP contribution in [0.2, 0.25) is 15.1 Å². The maximum absolute atomic E-state index is 6.44. The molecule has 3 heteroatoms. The molecule has 0 saturated carbocycles. The van der Waals surface area contributed by atoms with Crippen LogP contribution in [-0.2, 0) is 0 Å². The van der Waals surface area contributed by atoms with Crippen molar-refractivity contribution in [3.05, 3.63) is 57.0 Å². The van der Waals surface area contributed by atoms with Gasteiger partial charge in [-0.3, -0.25) is 0 Å². The number of hydrogen-bond acceptors (Lipinski definition) is 0. The molecule has 0 radical (unpaired) electrons. The lowest BCUT2D eigenvalue weighted by molar-refractivity contribution is 1.56. The van der Waals surface area contributed by atoms with Crippen molar-refractivity contribution in [3.8, 4) is 0 Å². The van der Waals surface area contributed by atoms with Gasteiger partial charge in [-0.05, 0) is 28.6 Å². The SMILES string of the molecule is Cc1cc2cccc3ccc4c(Cl)c(Cl)c(Cl)c1c4c32. The smallest absolute Gasteiger partial charge is 0.0791 e. The summed E-state index contributed by atoms with van der Waals surface area (Å²) < 4.78 is 0. The second-order valence-electron chi connectivity index (χ2n) is 5.08. The third-order valence-corrected chi connectivity index (χ3v) is 5.28. The van der Waals surface area contributed by atoms with Gasteiger partial charge in [0.05, 0.1) is 15.1 Å². The van der Waals surface area contributed by atoms with E-state index in [1.165, 1.54) is 16.2 Å². The summed E-state index contributed by atoms with van der Waals surface area (Å²) in [5.41, 5.74) is 1.12. The third-order valence-electron chi connectivity index (χ3n) is 3.94. The van der Waals surface area contributed by atoms with Crippen molar-refractivity contribution < 1.29 is 0 Å². The van der Waals surface area contributed by atoms with Crippen LogP contribution in [0.15, 0.2) is 36.4 Å². The molecule has 98 valence electrons. The topological polar surface area (TPSA) is 0 Å². The first kappa shape index (κ1) is 12.5. The van der Waals surface area contributed by atoms with Gasteiger partial charge < -0.3 is 0 Å². The van der Waals surface area contributed by atoms with E-state index in [0.29, 0.717) is 15.1 Å². The Morgan fingerprint density at radius 2 is 1.45 bits per heavy atom. The van der Waals surface area contributed by atoms with Crippen LogP contribution in [0.4, 0.5) is 0 Å². The van der Waals surface area contributed by atoms with Gasteiger partial charge in [0.2, 0.25) is 0 Å². The average Bonchev–Trinajstić information content (AvgIpc) is 2.44. The van der Waals surface area contributed by atoms with Gasteiger partial charge in [-0.25, -0.2) is 0 Å². The van der Waals surface area contributed by atoms with Gasteiger partial charge in [-0.2, -0.15) is 0 Å². The fourth-order valence-corrected chi connectivity index (χ4v) is 3.91. The predicted molar refractivity (Wildman–Crippen MR) is 89.9 cm³/mol. The van der Waals surface area contributed by atoms with Crippen molar-refractivity contribution in [1.29, 1.82) is 0 Å². The Bertz CT molecular complexity index is 986. The highest BCUT2D eigenvalue weighted by Crippen LogP contribution is 2.46. The normalized spacial score (nSPS) is 12.0. The second-order valence-corrected chi connectivity index (χ2v) is 6.21. The Labute approximate surface area is 131 Å². The quantitative estimate of drug-likeness (QED) is 0.245. The average molecular weight is 320 g/mol. The first-order chi connectivity index (χ1) is 9.59. The molecule has 4 aromatic rings. The van der Waals surface area contributed by atoms with Crippen LogP contribution < -0.4 is 0 Å². The van der Waals surface area contributed by atoms with Crippen LogP contribution in [0, 0.1) is 6.92 Å². The summed E-state index contributed by atoms with van der Waals surface area (Å²) in [7, 11) is 0. The molecule has 0 atom stereocenters. The number of rotatable bonds is 0. The highest BCUT2D eigenvalue weighted by atomic mass is 35.5. The van der Waals surface area contributed by atoms with Crippen molar-refractivity contribution in [2.45, 2.75) is 6.92 Å². The second kappa shape index (κ2) is 4.14. The molecule has 20 heavy (non-hydrogen) atoms. The minimum Gasteiger partial charge on any atom is -0.0820 e. The van der Waals surface area contributed by atoms with Crippen molar-refractivity contribution in [3.63, 3.8) is 0 Å². The Kier molecular flexibility index (Phi) is 2.59. The molecule has 0 bridgehead atoms. The minimum absolute atomic E-state index is 0.433. The number of halogens is 3. The molecular weight excluding hydrogens is 311 g/mol. The molecule has 0 aromatic heterocycles. The van der Waals surface area contributed by atoms with Crippen LogP contribution in [0.5, 0.6) is 0 Å². The molecule has 0 heterocycles. The third kappa shape index (κ3) is 1.45. The van der Waals surface area contributed by atoms with Gasteiger partial charge in [-0.1, -0.05) is 71.2 Å². The lowest BCUT2D eigenvalue weighted by Gasteiger charge is -2.16. The Balaban J connectivity index is 2.50. The number of hydrogen-bond donors (Lipinski definition) is 0. The molecule has 0 spiro atoms. The van der Waals surface area contributed by atoms with Crippen LogP contribution in [-0.4, -0.2) is 0 Å². The van der Waals surface area contributed by atoms with Crippen molar-refractivity contribution >= 4 is 67.1 Å². The Morgan fingerprint density at radius 3 is 2.25 bits per heavy atom. The molecule has 4 aromatic carbocycles.